The van der Waals surface area contributed by atoms with Crippen molar-refractivity contribution < 1.29 is 13.9 Å². The fourth-order valence-corrected chi connectivity index (χ4v) is 3.60. The minimum Gasteiger partial charge on any atom is -0.490 e. The molecule has 0 saturated heterocycles. The fourth-order valence-electron chi connectivity index (χ4n) is 2.99. The van der Waals surface area contributed by atoms with Crippen molar-refractivity contribution in [2.45, 2.75) is 33.0 Å². The molecule has 3 aromatic carbocycles. The molecule has 0 fully saturated rings. The molecule has 0 aliphatic rings. The number of hydrogen-bond acceptors (Lipinski definition) is 3. The Hall–Kier alpha value is -2.37. The maximum Gasteiger partial charge on any atom is 0.175 e. The van der Waals surface area contributed by atoms with Gasteiger partial charge in [0, 0.05) is 12.6 Å². The van der Waals surface area contributed by atoms with E-state index in [4.69, 9.17) is 9.47 Å². The molecule has 29 heavy (non-hydrogen) atoms. The number of benzene rings is 3. The predicted octanol–water partition coefficient (Wildman–Crippen LogP) is 6.42. The lowest BCUT2D eigenvalue weighted by atomic mass is 10.1. The van der Waals surface area contributed by atoms with Crippen LogP contribution in [0.3, 0.4) is 0 Å². The Morgan fingerprint density at radius 3 is 2.38 bits per heavy atom. The molecule has 0 unspecified atom stereocenters. The third kappa shape index (κ3) is 6.05. The molecule has 0 saturated carbocycles. The number of rotatable bonds is 9. The number of nitrogens with one attached hydrogen (secondary N) is 1. The molecule has 0 bridgehead atoms. The Labute approximate surface area is 180 Å². The van der Waals surface area contributed by atoms with Gasteiger partial charge >= 0.3 is 0 Å². The zero-order chi connectivity index (χ0) is 20.6. The largest absolute Gasteiger partial charge is 0.490 e. The monoisotopic (exact) mass is 457 g/mol. The van der Waals surface area contributed by atoms with Crippen LogP contribution in [0.2, 0.25) is 0 Å². The van der Waals surface area contributed by atoms with Crippen molar-refractivity contribution in [1.29, 1.82) is 0 Å². The first-order valence-electron chi connectivity index (χ1n) is 9.67. The molecule has 0 aliphatic heterocycles. The van der Waals surface area contributed by atoms with Crippen LogP contribution in [0, 0.1) is 5.82 Å². The fraction of sp³-hybridized carbons (Fsp3) is 0.250. The van der Waals surface area contributed by atoms with Crippen molar-refractivity contribution in [2.75, 3.05) is 6.61 Å². The Kier molecular flexibility index (Phi) is 7.67. The molecule has 0 aromatic heterocycles. The van der Waals surface area contributed by atoms with E-state index in [9.17, 15) is 4.39 Å². The maximum atomic E-state index is 13.1. The van der Waals surface area contributed by atoms with E-state index in [0.29, 0.717) is 31.3 Å². The van der Waals surface area contributed by atoms with Crippen LogP contribution in [0.15, 0.2) is 71.2 Å². The molecule has 5 heteroatoms. The molecular weight excluding hydrogens is 433 g/mol. The van der Waals surface area contributed by atoms with Gasteiger partial charge in [-0.2, -0.15) is 0 Å². The molecule has 0 amide bonds. The lowest BCUT2D eigenvalue weighted by Crippen LogP contribution is -2.18. The molecule has 1 atom stereocenters. The first-order chi connectivity index (χ1) is 14.1. The van der Waals surface area contributed by atoms with Crippen molar-refractivity contribution in [3.05, 3.63) is 93.7 Å². The van der Waals surface area contributed by atoms with Crippen molar-refractivity contribution in [2.24, 2.45) is 0 Å². The quantitative estimate of drug-likeness (QED) is 0.402. The summed E-state index contributed by atoms with van der Waals surface area (Å²) in [6.45, 7) is 5.67. The smallest absolute Gasteiger partial charge is 0.175 e. The molecule has 3 nitrogen and oxygen atoms in total. The van der Waals surface area contributed by atoms with Gasteiger partial charge in [0.1, 0.15) is 12.4 Å². The molecule has 3 rings (SSSR count). The number of ether oxygens (including phenoxy) is 2. The van der Waals surface area contributed by atoms with Crippen LogP contribution < -0.4 is 14.8 Å². The van der Waals surface area contributed by atoms with Gasteiger partial charge in [0.25, 0.3) is 0 Å². The molecule has 0 aliphatic carbocycles. The SMILES string of the molecule is CCOc1cc(CN[C@H](C)c2ccccc2)cc(Br)c1OCc1ccc(F)cc1. The lowest BCUT2D eigenvalue weighted by Gasteiger charge is -2.18. The van der Waals surface area contributed by atoms with Gasteiger partial charge in [-0.05, 0) is 70.7 Å². The number of halogens is 2. The van der Waals surface area contributed by atoms with Crippen LogP contribution in [0.4, 0.5) is 4.39 Å². The maximum absolute atomic E-state index is 13.1. The molecule has 3 aromatic rings. The summed E-state index contributed by atoms with van der Waals surface area (Å²) in [5.41, 5.74) is 3.23. The third-order valence-corrected chi connectivity index (χ3v) is 5.17. The Morgan fingerprint density at radius 1 is 0.966 bits per heavy atom. The highest BCUT2D eigenvalue weighted by molar-refractivity contribution is 9.10. The van der Waals surface area contributed by atoms with Gasteiger partial charge in [0.05, 0.1) is 11.1 Å². The highest BCUT2D eigenvalue weighted by Gasteiger charge is 2.14. The highest BCUT2D eigenvalue weighted by atomic mass is 79.9. The lowest BCUT2D eigenvalue weighted by molar-refractivity contribution is 0.267. The topological polar surface area (TPSA) is 30.5 Å². The summed E-state index contributed by atoms with van der Waals surface area (Å²) >= 11 is 3.61. The van der Waals surface area contributed by atoms with Crippen LogP contribution in [0.5, 0.6) is 11.5 Å². The van der Waals surface area contributed by atoms with E-state index in [1.54, 1.807) is 12.1 Å². The minimum absolute atomic E-state index is 0.236. The van der Waals surface area contributed by atoms with Gasteiger partial charge < -0.3 is 14.8 Å². The Morgan fingerprint density at radius 2 is 1.69 bits per heavy atom. The zero-order valence-electron chi connectivity index (χ0n) is 16.6. The second-order valence-corrected chi connectivity index (χ2v) is 7.62. The summed E-state index contributed by atoms with van der Waals surface area (Å²) in [5.74, 6) is 1.08. The summed E-state index contributed by atoms with van der Waals surface area (Å²) in [6.07, 6.45) is 0. The van der Waals surface area contributed by atoms with Gasteiger partial charge in [-0.1, -0.05) is 42.5 Å². The molecular formula is C24H25BrFNO2. The highest BCUT2D eigenvalue weighted by Crippen LogP contribution is 2.37. The minimum atomic E-state index is -0.258. The van der Waals surface area contributed by atoms with Crippen LogP contribution in [0.25, 0.3) is 0 Å². The van der Waals surface area contributed by atoms with Gasteiger partial charge in [-0.25, -0.2) is 4.39 Å². The van der Waals surface area contributed by atoms with E-state index in [-0.39, 0.29) is 11.9 Å². The first kappa shape index (κ1) is 21.3. The van der Waals surface area contributed by atoms with Crippen molar-refractivity contribution in [3.8, 4) is 11.5 Å². The van der Waals surface area contributed by atoms with Crippen LogP contribution in [0.1, 0.15) is 36.6 Å². The number of hydrogen-bond donors (Lipinski definition) is 1. The normalized spacial score (nSPS) is 11.9. The van der Waals surface area contributed by atoms with Crippen LogP contribution in [-0.2, 0) is 13.2 Å². The van der Waals surface area contributed by atoms with Crippen molar-refractivity contribution in [3.63, 3.8) is 0 Å². The predicted molar refractivity (Wildman–Crippen MR) is 118 cm³/mol. The third-order valence-electron chi connectivity index (χ3n) is 4.58. The summed E-state index contributed by atoms with van der Waals surface area (Å²) in [4.78, 5) is 0. The Balaban J connectivity index is 1.70. The van der Waals surface area contributed by atoms with E-state index in [1.165, 1.54) is 17.7 Å². The van der Waals surface area contributed by atoms with E-state index in [1.807, 2.05) is 37.3 Å². The molecule has 1 N–H and O–H groups in total. The summed E-state index contributed by atoms with van der Waals surface area (Å²) in [6, 6.07) is 20.9. The molecule has 152 valence electrons. The average molecular weight is 458 g/mol. The summed E-state index contributed by atoms with van der Waals surface area (Å²) in [7, 11) is 0. The average Bonchev–Trinajstić information content (AvgIpc) is 2.73. The molecule has 0 radical (unpaired) electrons. The second kappa shape index (κ2) is 10.4. The Bertz CT molecular complexity index is 916. The van der Waals surface area contributed by atoms with E-state index in [2.05, 4.69) is 40.3 Å². The van der Waals surface area contributed by atoms with E-state index in [0.717, 1.165) is 15.6 Å². The van der Waals surface area contributed by atoms with Crippen LogP contribution in [-0.4, -0.2) is 6.61 Å². The van der Waals surface area contributed by atoms with E-state index < -0.39 is 0 Å². The van der Waals surface area contributed by atoms with Gasteiger partial charge in [-0.3, -0.25) is 0 Å². The van der Waals surface area contributed by atoms with Gasteiger partial charge in [-0.15, -0.1) is 0 Å². The van der Waals surface area contributed by atoms with Crippen LogP contribution >= 0.6 is 15.9 Å². The van der Waals surface area contributed by atoms with Gasteiger partial charge in [0.2, 0.25) is 0 Å². The molecule has 0 spiro atoms. The van der Waals surface area contributed by atoms with Gasteiger partial charge in [0.15, 0.2) is 11.5 Å². The van der Waals surface area contributed by atoms with E-state index >= 15 is 0 Å². The standard InChI is InChI=1S/C24H25BrFNO2/c1-3-28-23-14-19(15-27-17(2)20-7-5-4-6-8-20)13-22(25)24(23)29-16-18-9-11-21(26)12-10-18/h4-14,17,27H,3,15-16H2,1-2H3/t17-/m1/s1. The summed E-state index contributed by atoms with van der Waals surface area (Å²) < 4.78 is 25.7. The molecule has 0 heterocycles. The van der Waals surface area contributed by atoms with Crippen molar-refractivity contribution in [1.82, 2.24) is 5.32 Å². The zero-order valence-corrected chi connectivity index (χ0v) is 18.2. The van der Waals surface area contributed by atoms with Crippen molar-refractivity contribution >= 4 is 15.9 Å². The first-order valence-corrected chi connectivity index (χ1v) is 10.5. The second-order valence-electron chi connectivity index (χ2n) is 6.77. The summed E-state index contributed by atoms with van der Waals surface area (Å²) in [5, 5.41) is 3.54.